The van der Waals surface area contributed by atoms with Crippen LogP contribution in [0.4, 0.5) is 0 Å². The number of hydrogen-bond acceptors (Lipinski definition) is 6. The number of nitrogens with one attached hydrogen (secondary N) is 2. The van der Waals surface area contributed by atoms with E-state index in [0.717, 1.165) is 0 Å². The Morgan fingerprint density at radius 2 is 1.57 bits per heavy atom. The molecule has 148 valence electrons. The minimum absolute atomic E-state index is 0.290. The second-order valence-corrected chi connectivity index (χ2v) is 5.46. The number of hydrazine groups is 1. The van der Waals surface area contributed by atoms with Gasteiger partial charge >= 0.3 is 5.97 Å². The highest BCUT2D eigenvalue weighted by molar-refractivity contribution is 5.97. The average molecular weight is 386 g/mol. The molecule has 0 heterocycles. The van der Waals surface area contributed by atoms with E-state index >= 15 is 0 Å². The van der Waals surface area contributed by atoms with Crippen molar-refractivity contribution in [3.8, 4) is 11.5 Å². The van der Waals surface area contributed by atoms with Gasteiger partial charge in [-0.15, -0.1) is 0 Å². The minimum atomic E-state index is -0.545. The van der Waals surface area contributed by atoms with Crippen molar-refractivity contribution in [2.45, 2.75) is 13.8 Å². The maximum atomic E-state index is 12.2. The number of ether oxygens (including phenoxy) is 3. The van der Waals surface area contributed by atoms with Gasteiger partial charge < -0.3 is 14.2 Å². The van der Waals surface area contributed by atoms with Gasteiger partial charge in [0.15, 0.2) is 6.61 Å². The lowest BCUT2D eigenvalue weighted by molar-refractivity contribution is -0.123. The largest absolute Gasteiger partial charge is 0.493 e. The predicted octanol–water partition coefficient (Wildman–Crippen LogP) is 2.10. The normalized spacial score (nSPS) is 9.93. The second-order valence-electron chi connectivity index (χ2n) is 5.46. The summed E-state index contributed by atoms with van der Waals surface area (Å²) in [6.45, 7) is 3.93. The van der Waals surface area contributed by atoms with Gasteiger partial charge in [0.25, 0.3) is 11.8 Å². The molecule has 0 aliphatic heterocycles. The van der Waals surface area contributed by atoms with Gasteiger partial charge in [0.1, 0.15) is 11.5 Å². The third-order valence-corrected chi connectivity index (χ3v) is 3.48. The molecule has 0 unspecified atom stereocenters. The summed E-state index contributed by atoms with van der Waals surface area (Å²) in [5.41, 5.74) is 5.28. The molecule has 0 atom stereocenters. The van der Waals surface area contributed by atoms with Crippen molar-refractivity contribution in [1.29, 1.82) is 0 Å². The van der Waals surface area contributed by atoms with Crippen molar-refractivity contribution in [1.82, 2.24) is 10.9 Å². The van der Waals surface area contributed by atoms with E-state index in [4.69, 9.17) is 14.2 Å². The van der Waals surface area contributed by atoms with Crippen molar-refractivity contribution < 1.29 is 28.6 Å². The highest BCUT2D eigenvalue weighted by Gasteiger charge is 2.13. The van der Waals surface area contributed by atoms with Crippen molar-refractivity contribution in [3.63, 3.8) is 0 Å². The zero-order valence-corrected chi connectivity index (χ0v) is 15.7. The van der Waals surface area contributed by atoms with E-state index in [-0.39, 0.29) is 13.2 Å². The lowest BCUT2D eigenvalue weighted by Crippen LogP contribution is -2.43. The molecule has 0 aliphatic carbocycles. The van der Waals surface area contributed by atoms with Crippen LogP contribution >= 0.6 is 0 Å². The molecule has 0 aromatic heterocycles. The first-order valence-electron chi connectivity index (χ1n) is 8.76. The van der Waals surface area contributed by atoms with Gasteiger partial charge in [0, 0.05) is 0 Å². The number of amides is 2. The number of esters is 1. The molecule has 2 aromatic rings. The van der Waals surface area contributed by atoms with Crippen LogP contribution in [0.15, 0.2) is 48.5 Å². The summed E-state index contributed by atoms with van der Waals surface area (Å²) in [6, 6.07) is 12.9. The number of para-hydroxylation sites is 1. The molecule has 0 aliphatic rings. The Morgan fingerprint density at radius 1 is 0.857 bits per heavy atom. The molecule has 0 radical (unpaired) electrons. The summed E-state index contributed by atoms with van der Waals surface area (Å²) in [5.74, 6) is -0.652. The van der Waals surface area contributed by atoms with Gasteiger partial charge in [0.2, 0.25) is 0 Å². The number of carbonyl (C=O) groups is 3. The lowest BCUT2D eigenvalue weighted by atomic mass is 10.2. The number of rotatable bonds is 8. The maximum absolute atomic E-state index is 12.2. The third kappa shape index (κ3) is 6.01. The van der Waals surface area contributed by atoms with Crippen molar-refractivity contribution in [3.05, 3.63) is 59.7 Å². The summed E-state index contributed by atoms with van der Waals surface area (Å²) < 4.78 is 15.6. The number of hydrogen-bond donors (Lipinski definition) is 2. The molecule has 2 rings (SSSR count). The molecular formula is C20H22N2O6. The van der Waals surface area contributed by atoms with Crippen molar-refractivity contribution in [2.75, 3.05) is 19.8 Å². The molecule has 8 nitrogen and oxygen atoms in total. The van der Waals surface area contributed by atoms with Crippen LogP contribution in [0.5, 0.6) is 11.5 Å². The fraction of sp³-hybridized carbons (Fsp3) is 0.250. The zero-order chi connectivity index (χ0) is 20.4. The van der Waals surface area contributed by atoms with E-state index < -0.39 is 17.8 Å². The van der Waals surface area contributed by atoms with Gasteiger partial charge in [0.05, 0.1) is 24.3 Å². The van der Waals surface area contributed by atoms with Crippen LogP contribution in [-0.4, -0.2) is 37.6 Å². The van der Waals surface area contributed by atoms with Gasteiger partial charge in [-0.3, -0.25) is 20.4 Å². The zero-order valence-electron chi connectivity index (χ0n) is 15.7. The highest BCUT2D eigenvalue weighted by atomic mass is 16.5. The van der Waals surface area contributed by atoms with Crippen LogP contribution in [0, 0.1) is 0 Å². The monoisotopic (exact) mass is 386 g/mol. The molecular weight excluding hydrogens is 364 g/mol. The first-order valence-corrected chi connectivity index (χ1v) is 8.76. The number of benzene rings is 2. The fourth-order valence-electron chi connectivity index (χ4n) is 2.22. The molecule has 2 N–H and O–H groups in total. The summed E-state index contributed by atoms with van der Waals surface area (Å²) >= 11 is 0. The molecule has 0 fully saturated rings. The van der Waals surface area contributed by atoms with Crippen molar-refractivity contribution in [2.24, 2.45) is 0 Å². The van der Waals surface area contributed by atoms with Crippen molar-refractivity contribution >= 4 is 17.8 Å². The van der Waals surface area contributed by atoms with E-state index in [0.29, 0.717) is 29.2 Å². The van der Waals surface area contributed by atoms with E-state index in [9.17, 15) is 14.4 Å². The Bertz CT molecular complexity index is 820. The van der Waals surface area contributed by atoms with E-state index in [2.05, 4.69) is 10.9 Å². The van der Waals surface area contributed by atoms with E-state index in [1.807, 2.05) is 6.92 Å². The minimum Gasteiger partial charge on any atom is -0.493 e. The molecule has 8 heteroatoms. The van der Waals surface area contributed by atoms with Gasteiger partial charge in [-0.25, -0.2) is 4.79 Å². The first-order chi connectivity index (χ1) is 13.5. The molecule has 0 spiro atoms. The Hall–Kier alpha value is -3.55. The fourth-order valence-corrected chi connectivity index (χ4v) is 2.22. The Kier molecular flexibility index (Phi) is 7.83. The number of carbonyl (C=O) groups excluding carboxylic acids is 3. The Morgan fingerprint density at radius 3 is 2.25 bits per heavy atom. The van der Waals surface area contributed by atoms with Gasteiger partial charge in [-0.2, -0.15) is 0 Å². The summed E-state index contributed by atoms with van der Waals surface area (Å²) in [6.07, 6.45) is 0. The van der Waals surface area contributed by atoms with E-state index in [1.54, 1.807) is 43.3 Å². The summed E-state index contributed by atoms with van der Waals surface area (Å²) in [5, 5.41) is 0. The second kappa shape index (κ2) is 10.6. The van der Waals surface area contributed by atoms with E-state index in [1.165, 1.54) is 12.1 Å². The molecule has 0 saturated carbocycles. The third-order valence-electron chi connectivity index (χ3n) is 3.48. The smallest absolute Gasteiger partial charge is 0.338 e. The quantitative estimate of drug-likeness (QED) is 0.532. The standard InChI is InChI=1S/C20H22N2O6/c1-3-26-17-8-6-5-7-16(17)19(24)22-21-18(23)13-28-15-11-9-14(10-12-15)20(25)27-4-2/h5-12H,3-4,13H2,1-2H3,(H,21,23)(H,22,24). The topological polar surface area (TPSA) is 103 Å². The van der Waals surface area contributed by atoms with Gasteiger partial charge in [-0.1, -0.05) is 12.1 Å². The molecule has 2 amide bonds. The maximum Gasteiger partial charge on any atom is 0.338 e. The van der Waals surface area contributed by atoms with Crippen LogP contribution in [0.25, 0.3) is 0 Å². The molecule has 28 heavy (non-hydrogen) atoms. The van der Waals surface area contributed by atoms with Crippen LogP contribution in [0.1, 0.15) is 34.6 Å². The van der Waals surface area contributed by atoms with Gasteiger partial charge in [-0.05, 0) is 50.2 Å². The first kappa shape index (κ1) is 20.8. The molecule has 0 bridgehead atoms. The predicted molar refractivity (Wildman–Crippen MR) is 101 cm³/mol. The Balaban J connectivity index is 1.81. The highest BCUT2D eigenvalue weighted by Crippen LogP contribution is 2.17. The van der Waals surface area contributed by atoms with Crippen LogP contribution in [0.2, 0.25) is 0 Å². The average Bonchev–Trinajstić information content (AvgIpc) is 2.71. The summed E-state index contributed by atoms with van der Waals surface area (Å²) in [4.78, 5) is 35.6. The van der Waals surface area contributed by atoms with Crippen LogP contribution in [-0.2, 0) is 9.53 Å². The van der Waals surface area contributed by atoms with Crippen LogP contribution in [0.3, 0.4) is 0 Å². The molecule has 2 aromatic carbocycles. The lowest BCUT2D eigenvalue weighted by Gasteiger charge is -2.11. The molecule has 0 saturated heterocycles. The Labute approximate surface area is 162 Å². The summed E-state index contributed by atoms with van der Waals surface area (Å²) in [7, 11) is 0. The van der Waals surface area contributed by atoms with Crippen LogP contribution < -0.4 is 20.3 Å². The SMILES string of the molecule is CCOC(=O)c1ccc(OCC(=O)NNC(=O)c2ccccc2OCC)cc1.